The van der Waals surface area contributed by atoms with Gasteiger partial charge in [-0.05, 0) is 0 Å². The zero-order valence-corrected chi connectivity index (χ0v) is 19.4. The standard InChI is InChI=1S/C16H21N6.3ClH.Ti/c1-10-7-14(4,20-17-10)13(15(5)8-11(2)18-21-15)16(6)9-12(3)19-22-16;;;;/h7-9H,1-6H3;3*1H;/q;;;;+3/p-3. The van der Waals surface area contributed by atoms with Gasteiger partial charge in [0.1, 0.15) is 0 Å². The first-order valence-corrected chi connectivity index (χ1v) is 8.45. The minimum atomic E-state index is -0.555. The van der Waals surface area contributed by atoms with Crippen LogP contribution in [0.4, 0.5) is 0 Å². The quantitative estimate of drug-likeness (QED) is 0.394. The van der Waals surface area contributed by atoms with Gasteiger partial charge in [-0.1, -0.05) is 0 Å². The number of azo groups is 3. The summed E-state index contributed by atoms with van der Waals surface area (Å²) < 4.78 is -0.517. The van der Waals surface area contributed by atoms with E-state index in [2.05, 4.69) is 90.1 Å². The largest absolute Gasteiger partial charge is 1.00 e. The molecular weight excluding hydrogens is 430 g/mol. The summed E-state index contributed by atoms with van der Waals surface area (Å²) in [6.07, 6.45) is 6.33. The van der Waals surface area contributed by atoms with Gasteiger partial charge in [-0.3, -0.25) is 0 Å². The molecule has 0 aromatic carbocycles. The van der Waals surface area contributed by atoms with Crippen LogP contribution in [0.3, 0.4) is 0 Å². The average Bonchev–Trinajstić information content (AvgIpc) is 3.10. The summed E-state index contributed by atoms with van der Waals surface area (Å²) in [6.45, 7) is 12.2. The molecule has 26 heavy (non-hydrogen) atoms. The van der Waals surface area contributed by atoms with Gasteiger partial charge in [-0.2, -0.15) is 0 Å². The molecular formula is C16H21Cl3N6Ti. The van der Waals surface area contributed by atoms with Crippen molar-refractivity contribution in [3.63, 3.8) is 0 Å². The first-order chi connectivity index (χ1) is 10.6. The van der Waals surface area contributed by atoms with Crippen LogP contribution in [0, 0.1) is 0 Å². The smallest absolute Gasteiger partial charge is 1.00 e. The molecule has 3 heterocycles. The molecule has 10 heteroatoms. The molecule has 3 aliphatic rings. The van der Waals surface area contributed by atoms with E-state index in [9.17, 15) is 0 Å². The van der Waals surface area contributed by atoms with E-state index in [1.54, 1.807) is 0 Å². The SMILES string of the molecule is CC1=CC(C)([C]([Ti+3])(C2(C)C=C(C)N=N2)C2(C)C=C(C)N=N2)N=N1.[Cl-].[Cl-].[Cl-]. The third-order valence-electron chi connectivity index (χ3n) is 4.99. The number of hydrogen-bond donors (Lipinski definition) is 0. The Labute approximate surface area is 184 Å². The van der Waals surface area contributed by atoms with E-state index in [0.717, 1.165) is 17.1 Å². The number of halogens is 3. The van der Waals surface area contributed by atoms with Gasteiger partial charge in [0.05, 0.1) is 0 Å². The Hall–Kier alpha value is -0.396. The molecule has 0 radical (unpaired) electrons. The second-order valence-electron chi connectivity index (χ2n) is 7.15. The Balaban J connectivity index is 0.00000208. The van der Waals surface area contributed by atoms with Crippen LogP contribution in [0.5, 0.6) is 0 Å². The predicted octanol–water partition coefficient (Wildman–Crippen LogP) is -3.91. The molecule has 0 saturated heterocycles. The molecule has 0 saturated carbocycles. The van der Waals surface area contributed by atoms with Crippen LogP contribution in [-0.2, 0) is 20.4 Å². The first-order valence-electron chi connectivity index (χ1n) is 7.67. The number of allylic oxidation sites excluding steroid dienone is 3. The number of rotatable bonds is 3. The van der Waals surface area contributed by atoms with E-state index in [1.807, 2.05) is 20.8 Å². The Morgan fingerprint density at radius 1 is 0.654 bits per heavy atom. The normalized spacial score (nSPS) is 36.4. The van der Waals surface area contributed by atoms with Gasteiger partial charge in [0, 0.05) is 0 Å². The van der Waals surface area contributed by atoms with E-state index in [0.29, 0.717) is 0 Å². The monoisotopic (exact) mass is 450 g/mol. The summed E-state index contributed by atoms with van der Waals surface area (Å²) in [7, 11) is 0. The fourth-order valence-electron chi connectivity index (χ4n) is 4.03. The predicted molar refractivity (Wildman–Crippen MR) is 83.7 cm³/mol. The molecule has 3 atom stereocenters. The van der Waals surface area contributed by atoms with Crippen LogP contribution in [0.15, 0.2) is 66.0 Å². The molecule has 0 amide bonds. The van der Waals surface area contributed by atoms with E-state index in [4.69, 9.17) is 0 Å². The third kappa shape index (κ3) is 3.39. The molecule has 0 aliphatic carbocycles. The molecule has 0 bridgehead atoms. The van der Waals surface area contributed by atoms with Crippen LogP contribution in [0.1, 0.15) is 41.5 Å². The van der Waals surface area contributed by atoms with Crippen molar-refractivity contribution in [2.24, 2.45) is 30.7 Å². The maximum atomic E-state index is 4.62. The van der Waals surface area contributed by atoms with Crippen LogP contribution >= 0.6 is 0 Å². The molecule has 3 unspecified atom stereocenters. The van der Waals surface area contributed by atoms with E-state index in [-0.39, 0.29) is 37.2 Å². The van der Waals surface area contributed by atoms with Gasteiger partial charge in [0.2, 0.25) is 0 Å². The van der Waals surface area contributed by atoms with Gasteiger partial charge in [-0.15, -0.1) is 0 Å². The van der Waals surface area contributed by atoms with Crippen molar-refractivity contribution < 1.29 is 57.7 Å². The second-order valence-corrected chi connectivity index (χ2v) is 8.32. The average molecular weight is 452 g/mol. The summed E-state index contributed by atoms with van der Waals surface area (Å²) in [5.74, 6) is 0. The molecule has 0 aromatic rings. The maximum Gasteiger partial charge on any atom is -1.00 e. The van der Waals surface area contributed by atoms with Crippen molar-refractivity contribution in [3.8, 4) is 0 Å². The van der Waals surface area contributed by atoms with E-state index >= 15 is 0 Å². The van der Waals surface area contributed by atoms with E-state index in [1.165, 1.54) is 0 Å². The Morgan fingerprint density at radius 3 is 1.04 bits per heavy atom. The minimum Gasteiger partial charge on any atom is -1.00 e. The zero-order chi connectivity index (χ0) is 17.1. The van der Waals surface area contributed by atoms with Crippen LogP contribution in [-0.4, -0.2) is 16.6 Å². The Morgan fingerprint density at radius 2 is 0.885 bits per heavy atom. The number of nitrogens with zero attached hydrogens (tertiary/aromatic N) is 6. The molecule has 0 fully saturated rings. The van der Waals surface area contributed by atoms with Crippen molar-refractivity contribution in [2.75, 3.05) is 0 Å². The summed E-state index contributed by atoms with van der Waals surface area (Å²) in [5.41, 5.74) is 1.08. The van der Waals surface area contributed by atoms with Gasteiger partial charge >= 0.3 is 148 Å². The summed E-state index contributed by atoms with van der Waals surface area (Å²) in [4.78, 5) is 0. The first kappa shape index (κ1) is 25.6. The summed E-state index contributed by atoms with van der Waals surface area (Å²) in [6, 6.07) is 0. The van der Waals surface area contributed by atoms with Gasteiger partial charge < -0.3 is 37.2 Å². The van der Waals surface area contributed by atoms with Crippen molar-refractivity contribution in [2.45, 2.75) is 61.9 Å². The van der Waals surface area contributed by atoms with Crippen molar-refractivity contribution >= 4 is 0 Å². The second kappa shape index (κ2) is 7.92. The number of hydrogen-bond acceptors (Lipinski definition) is 6. The van der Waals surface area contributed by atoms with Crippen LogP contribution in [0.2, 0.25) is 3.72 Å². The Kier molecular flexibility index (Phi) is 7.80. The fraction of sp³-hybridized carbons (Fsp3) is 0.625. The fourth-order valence-corrected chi connectivity index (χ4v) is 4.60. The zero-order valence-electron chi connectivity index (χ0n) is 15.5. The van der Waals surface area contributed by atoms with Crippen molar-refractivity contribution in [3.05, 3.63) is 35.3 Å². The molecule has 140 valence electrons. The van der Waals surface area contributed by atoms with Gasteiger partial charge in [0.15, 0.2) is 0 Å². The summed E-state index contributed by atoms with van der Waals surface area (Å²) in [5, 5.41) is 26.8. The molecule has 3 aliphatic heterocycles. The van der Waals surface area contributed by atoms with Crippen molar-refractivity contribution in [1.29, 1.82) is 0 Å². The molecule has 3 rings (SSSR count). The molecule has 6 nitrogen and oxygen atoms in total. The molecule has 0 spiro atoms. The third-order valence-corrected chi connectivity index (χ3v) is 7.36. The minimum absolute atomic E-state index is 0. The molecule has 0 aromatic heterocycles. The van der Waals surface area contributed by atoms with Gasteiger partial charge in [-0.25, -0.2) is 0 Å². The maximum absolute atomic E-state index is 4.62. The van der Waals surface area contributed by atoms with Crippen LogP contribution in [0.25, 0.3) is 0 Å². The van der Waals surface area contributed by atoms with Crippen LogP contribution < -0.4 is 37.2 Å². The topological polar surface area (TPSA) is 74.2 Å². The summed E-state index contributed by atoms with van der Waals surface area (Å²) >= 11 is 2.17. The Bertz CT molecular complexity index is 661. The van der Waals surface area contributed by atoms with E-state index < -0.39 is 20.3 Å². The van der Waals surface area contributed by atoms with Gasteiger partial charge in [0.25, 0.3) is 0 Å². The molecule has 0 N–H and O–H groups in total. The van der Waals surface area contributed by atoms with Crippen molar-refractivity contribution in [1.82, 2.24) is 0 Å².